The zero-order valence-corrected chi connectivity index (χ0v) is 14.1. The number of hydrogen-bond donors (Lipinski definition) is 1. The van der Waals surface area contributed by atoms with Crippen LogP contribution in [0.1, 0.15) is 25.5 Å². The van der Waals surface area contributed by atoms with Crippen molar-refractivity contribution in [2.75, 3.05) is 51.3 Å². The molecule has 1 heterocycles. The fourth-order valence-electron chi connectivity index (χ4n) is 2.96. The number of benzene rings is 1. The molecule has 0 aliphatic carbocycles. The number of piperazine rings is 1. The lowest BCUT2D eigenvalue weighted by molar-refractivity contribution is -0.125. The summed E-state index contributed by atoms with van der Waals surface area (Å²) >= 11 is 0. The van der Waals surface area contributed by atoms with E-state index in [0.717, 1.165) is 44.0 Å². The van der Waals surface area contributed by atoms with Crippen molar-refractivity contribution in [3.63, 3.8) is 0 Å². The van der Waals surface area contributed by atoms with E-state index in [9.17, 15) is 9.18 Å². The fourth-order valence-corrected chi connectivity index (χ4v) is 2.96. The van der Waals surface area contributed by atoms with Crippen molar-refractivity contribution in [3.8, 4) is 0 Å². The number of carbonyl (C=O) groups excluding carboxylic acids is 1. The molecule has 1 N–H and O–H groups in total. The van der Waals surface area contributed by atoms with Gasteiger partial charge in [-0.1, -0.05) is 6.92 Å². The van der Waals surface area contributed by atoms with E-state index < -0.39 is 0 Å². The molecule has 0 spiro atoms. The van der Waals surface area contributed by atoms with Gasteiger partial charge in [0.15, 0.2) is 0 Å². The van der Waals surface area contributed by atoms with Gasteiger partial charge in [0.1, 0.15) is 12.4 Å². The number of carbonyl (C=O) groups is 1. The number of ether oxygens (including phenoxy) is 1. The van der Waals surface area contributed by atoms with Crippen molar-refractivity contribution < 1.29 is 13.9 Å². The first-order valence-electron chi connectivity index (χ1n) is 8.10. The summed E-state index contributed by atoms with van der Waals surface area (Å²) in [5, 5.41) is 2.86. The quantitative estimate of drug-likeness (QED) is 0.867. The van der Waals surface area contributed by atoms with Gasteiger partial charge in [-0.05, 0) is 31.7 Å². The van der Waals surface area contributed by atoms with Crippen molar-refractivity contribution >= 4 is 11.6 Å². The molecule has 23 heavy (non-hydrogen) atoms. The molecule has 1 amide bonds. The molecule has 5 nitrogen and oxygen atoms in total. The largest absolute Gasteiger partial charge is 0.375 e. The molecule has 128 valence electrons. The van der Waals surface area contributed by atoms with E-state index in [-0.39, 0.29) is 24.4 Å². The van der Waals surface area contributed by atoms with Crippen LogP contribution < -0.4 is 10.2 Å². The summed E-state index contributed by atoms with van der Waals surface area (Å²) in [6.07, 6.45) is 0. The molecule has 0 aromatic heterocycles. The second-order valence-corrected chi connectivity index (χ2v) is 5.85. The van der Waals surface area contributed by atoms with E-state index in [4.69, 9.17) is 4.74 Å². The van der Waals surface area contributed by atoms with E-state index in [1.807, 2.05) is 13.0 Å². The lowest BCUT2D eigenvalue weighted by atomic mass is 10.0. The number of hydrogen-bond acceptors (Lipinski definition) is 4. The Labute approximate surface area is 137 Å². The maximum atomic E-state index is 13.7. The van der Waals surface area contributed by atoms with E-state index in [1.165, 1.54) is 19.2 Å². The number of halogens is 1. The summed E-state index contributed by atoms with van der Waals surface area (Å²) in [6.45, 7) is 8.89. The maximum absolute atomic E-state index is 13.7. The van der Waals surface area contributed by atoms with Crippen LogP contribution in [0.2, 0.25) is 0 Å². The molecule has 1 aromatic carbocycles. The SMILES string of the molecule is CCN1CCN(c2ccc(F)cc2[C@H](C)NC(=O)COC)CC1. The number of rotatable bonds is 6. The lowest BCUT2D eigenvalue weighted by Gasteiger charge is -2.37. The first kappa shape index (κ1) is 17.7. The van der Waals surface area contributed by atoms with Gasteiger partial charge in [-0.15, -0.1) is 0 Å². The third kappa shape index (κ3) is 4.65. The molecule has 6 heteroatoms. The van der Waals surface area contributed by atoms with Crippen LogP contribution >= 0.6 is 0 Å². The molecule has 0 unspecified atom stereocenters. The Bertz CT molecular complexity index is 531. The molecular weight excluding hydrogens is 297 g/mol. The number of methoxy groups -OCH3 is 1. The van der Waals surface area contributed by atoms with Gasteiger partial charge in [0.2, 0.25) is 5.91 Å². The third-order valence-corrected chi connectivity index (χ3v) is 4.27. The van der Waals surface area contributed by atoms with Crippen molar-refractivity contribution in [2.45, 2.75) is 19.9 Å². The number of nitrogens with one attached hydrogen (secondary N) is 1. The average molecular weight is 323 g/mol. The van der Waals surface area contributed by atoms with Crippen LogP contribution in [0.5, 0.6) is 0 Å². The molecule has 1 fully saturated rings. The van der Waals surface area contributed by atoms with Crippen molar-refractivity contribution in [1.82, 2.24) is 10.2 Å². The highest BCUT2D eigenvalue weighted by Gasteiger charge is 2.21. The number of nitrogens with zero attached hydrogens (tertiary/aromatic N) is 2. The molecule has 1 aliphatic heterocycles. The minimum Gasteiger partial charge on any atom is -0.375 e. The molecule has 0 radical (unpaired) electrons. The van der Waals surface area contributed by atoms with Gasteiger partial charge in [-0.25, -0.2) is 4.39 Å². The van der Waals surface area contributed by atoms with Gasteiger partial charge in [-0.3, -0.25) is 4.79 Å². The first-order valence-corrected chi connectivity index (χ1v) is 8.10. The summed E-state index contributed by atoms with van der Waals surface area (Å²) in [5.41, 5.74) is 1.80. The normalized spacial score (nSPS) is 17.1. The smallest absolute Gasteiger partial charge is 0.246 e. The molecule has 1 atom stereocenters. The third-order valence-electron chi connectivity index (χ3n) is 4.27. The molecule has 0 saturated carbocycles. The molecule has 1 aromatic rings. The minimum atomic E-state index is -0.288. The van der Waals surface area contributed by atoms with Crippen LogP contribution in [-0.4, -0.2) is 57.2 Å². The van der Waals surface area contributed by atoms with E-state index in [2.05, 4.69) is 22.0 Å². The van der Waals surface area contributed by atoms with Gasteiger partial charge >= 0.3 is 0 Å². The standard InChI is InChI=1S/C17H26FN3O2/c1-4-20-7-9-21(10-8-20)16-6-5-14(18)11-15(16)13(2)19-17(22)12-23-3/h5-6,11,13H,4,7-10,12H2,1-3H3,(H,19,22)/t13-/m0/s1. The Kier molecular flexibility index (Phi) is 6.36. The van der Waals surface area contributed by atoms with Crippen LogP contribution in [0.25, 0.3) is 0 Å². The van der Waals surface area contributed by atoms with Crippen molar-refractivity contribution in [3.05, 3.63) is 29.6 Å². The predicted octanol–water partition coefficient (Wildman–Crippen LogP) is 1.79. The number of likely N-dealkylation sites (N-methyl/N-ethyl adjacent to an activating group) is 1. The Morgan fingerprint density at radius 2 is 2.04 bits per heavy atom. The zero-order chi connectivity index (χ0) is 16.8. The second-order valence-electron chi connectivity index (χ2n) is 5.85. The van der Waals surface area contributed by atoms with Crippen LogP contribution in [0.15, 0.2) is 18.2 Å². The van der Waals surface area contributed by atoms with Crippen molar-refractivity contribution in [2.24, 2.45) is 0 Å². The first-order chi connectivity index (χ1) is 11.0. The Hall–Kier alpha value is -1.66. The molecule has 2 rings (SSSR count). The molecule has 0 bridgehead atoms. The fraction of sp³-hybridized carbons (Fsp3) is 0.588. The molecular formula is C17H26FN3O2. The average Bonchev–Trinajstić information content (AvgIpc) is 2.55. The van der Waals surface area contributed by atoms with E-state index >= 15 is 0 Å². The summed E-state index contributed by atoms with van der Waals surface area (Å²) in [7, 11) is 1.48. The summed E-state index contributed by atoms with van der Waals surface area (Å²) in [4.78, 5) is 16.4. The number of amides is 1. The summed E-state index contributed by atoms with van der Waals surface area (Å²) < 4.78 is 18.5. The summed E-state index contributed by atoms with van der Waals surface area (Å²) in [6, 6.07) is 4.53. The van der Waals surface area contributed by atoms with Crippen LogP contribution in [0, 0.1) is 5.82 Å². The van der Waals surface area contributed by atoms with Gasteiger partial charge in [-0.2, -0.15) is 0 Å². The zero-order valence-electron chi connectivity index (χ0n) is 14.1. The van der Waals surface area contributed by atoms with Gasteiger partial charge in [0, 0.05) is 44.5 Å². The van der Waals surface area contributed by atoms with Gasteiger partial charge in [0.05, 0.1) is 6.04 Å². The number of anilines is 1. The van der Waals surface area contributed by atoms with Gasteiger partial charge < -0.3 is 19.9 Å². The topological polar surface area (TPSA) is 44.8 Å². The Morgan fingerprint density at radius 1 is 1.35 bits per heavy atom. The van der Waals surface area contributed by atoms with E-state index in [1.54, 1.807) is 0 Å². The molecule has 1 saturated heterocycles. The van der Waals surface area contributed by atoms with Crippen molar-refractivity contribution in [1.29, 1.82) is 0 Å². The predicted molar refractivity (Wildman–Crippen MR) is 89.2 cm³/mol. The monoisotopic (exact) mass is 323 g/mol. The lowest BCUT2D eigenvalue weighted by Crippen LogP contribution is -2.46. The minimum absolute atomic E-state index is 0.00413. The summed E-state index contributed by atoms with van der Waals surface area (Å²) in [5.74, 6) is -0.491. The highest BCUT2D eigenvalue weighted by molar-refractivity contribution is 5.78. The van der Waals surface area contributed by atoms with Gasteiger partial charge in [0.25, 0.3) is 0 Å². The highest BCUT2D eigenvalue weighted by atomic mass is 19.1. The second kappa shape index (κ2) is 8.26. The highest BCUT2D eigenvalue weighted by Crippen LogP contribution is 2.28. The Balaban J connectivity index is 2.15. The van der Waals surface area contributed by atoms with Crippen LogP contribution in [-0.2, 0) is 9.53 Å². The van der Waals surface area contributed by atoms with Crippen LogP contribution in [0.4, 0.5) is 10.1 Å². The maximum Gasteiger partial charge on any atom is 0.246 e. The van der Waals surface area contributed by atoms with E-state index in [0.29, 0.717) is 0 Å². The Morgan fingerprint density at radius 3 is 2.65 bits per heavy atom. The van der Waals surface area contributed by atoms with Crippen LogP contribution in [0.3, 0.4) is 0 Å². The molecule has 1 aliphatic rings.